The molecule has 3 heteroatoms. The van der Waals surface area contributed by atoms with E-state index in [1.165, 1.54) is 11.1 Å². The molecule has 2 aromatic rings. The Morgan fingerprint density at radius 3 is 2.22 bits per heavy atom. The maximum atomic E-state index is 5.52. The van der Waals surface area contributed by atoms with Gasteiger partial charge in [-0.25, -0.2) is 0 Å². The van der Waals surface area contributed by atoms with Crippen molar-refractivity contribution in [1.82, 2.24) is 0 Å². The van der Waals surface area contributed by atoms with Crippen LogP contribution in [0.25, 0.3) is 0 Å². The summed E-state index contributed by atoms with van der Waals surface area (Å²) in [5.74, 6) is 0.736. The number of benzene rings is 2. The number of hydrogen-bond donors (Lipinski definition) is 1. The minimum atomic E-state index is 0.353. The molecule has 0 unspecified atom stereocenters. The molecule has 0 amide bonds. The Morgan fingerprint density at radius 1 is 1.00 bits per heavy atom. The maximum Gasteiger partial charge on any atom is 0.266 e. The highest BCUT2D eigenvalue weighted by atomic mass is 32.1. The van der Waals surface area contributed by atoms with Crippen molar-refractivity contribution in [2.45, 2.75) is 13.8 Å². The molecule has 92 valence electrons. The first-order valence-electron chi connectivity index (χ1n) is 5.76. The second kappa shape index (κ2) is 5.65. The van der Waals surface area contributed by atoms with E-state index < -0.39 is 0 Å². The first kappa shape index (κ1) is 12.6. The molecule has 2 rings (SSSR count). The molecule has 0 saturated heterocycles. The van der Waals surface area contributed by atoms with Gasteiger partial charge in [-0.05, 0) is 61.5 Å². The van der Waals surface area contributed by atoms with E-state index in [9.17, 15) is 0 Å². The zero-order valence-corrected chi connectivity index (χ0v) is 11.3. The monoisotopic (exact) mass is 257 g/mol. The number of anilines is 1. The van der Waals surface area contributed by atoms with Crippen LogP contribution in [0.1, 0.15) is 11.1 Å². The predicted molar refractivity (Wildman–Crippen MR) is 79.2 cm³/mol. The van der Waals surface area contributed by atoms with Gasteiger partial charge >= 0.3 is 0 Å². The van der Waals surface area contributed by atoms with Gasteiger partial charge < -0.3 is 10.1 Å². The van der Waals surface area contributed by atoms with Crippen LogP contribution in [0.3, 0.4) is 0 Å². The van der Waals surface area contributed by atoms with Crippen molar-refractivity contribution in [3.63, 3.8) is 0 Å². The third kappa shape index (κ3) is 3.57. The van der Waals surface area contributed by atoms with E-state index in [1.54, 1.807) is 0 Å². The Balaban J connectivity index is 2.03. The summed E-state index contributed by atoms with van der Waals surface area (Å²) in [6.45, 7) is 4.11. The number of thiocarbonyl (C=S) groups is 1. The Labute approximate surface area is 113 Å². The van der Waals surface area contributed by atoms with Crippen LogP contribution in [0, 0.1) is 13.8 Å². The molecule has 0 atom stereocenters. The third-order valence-electron chi connectivity index (χ3n) is 2.42. The van der Waals surface area contributed by atoms with E-state index in [-0.39, 0.29) is 0 Å². The fourth-order valence-corrected chi connectivity index (χ4v) is 2.00. The Bertz CT molecular complexity index is 531. The van der Waals surface area contributed by atoms with Gasteiger partial charge in [-0.1, -0.05) is 24.3 Å². The zero-order chi connectivity index (χ0) is 13.0. The maximum absolute atomic E-state index is 5.52. The minimum absolute atomic E-state index is 0.353. The number of aryl methyl sites for hydroxylation is 2. The van der Waals surface area contributed by atoms with Gasteiger partial charge in [0.15, 0.2) is 0 Å². The van der Waals surface area contributed by atoms with E-state index in [4.69, 9.17) is 17.0 Å². The smallest absolute Gasteiger partial charge is 0.266 e. The van der Waals surface area contributed by atoms with Gasteiger partial charge in [0.1, 0.15) is 5.75 Å². The molecule has 1 N–H and O–H groups in total. The lowest BCUT2D eigenvalue weighted by Gasteiger charge is -2.10. The molecule has 0 aliphatic heterocycles. The highest BCUT2D eigenvalue weighted by Gasteiger charge is 2.01. The van der Waals surface area contributed by atoms with Crippen LogP contribution in [0.4, 0.5) is 5.69 Å². The number of hydrogen-bond acceptors (Lipinski definition) is 2. The van der Waals surface area contributed by atoms with Crippen LogP contribution in [0.15, 0.2) is 48.5 Å². The Kier molecular flexibility index (Phi) is 3.95. The van der Waals surface area contributed by atoms with E-state index >= 15 is 0 Å². The summed E-state index contributed by atoms with van der Waals surface area (Å²) in [6, 6.07) is 15.7. The summed E-state index contributed by atoms with van der Waals surface area (Å²) >= 11 is 5.17. The molecular weight excluding hydrogens is 242 g/mol. The quantitative estimate of drug-likeness (QED) is 0.819. The van der Waals surface area contributed by atoms with Gasteiger partial charge in [-0.2, -0.15) is 0 Å². The van der Waals surface area contributed by atoms with Gasteiger partial charge in [-0.15, -0.1) is 0 Å². The highest BCUT2D eigenvalue weighted by Crippen LogP contribution is 2.15. The summed E-state index contributed by atoms with van der Waals surface area (Å²) < 4.78 is 5.52. The van der Waals surface area contributed by atoms with E-state index in [2.05, 4.69) is 25.2 Å². The van der Waals surface area contributed by atoms with Gasteiger partial charge in [0.05, 0.1) is 0 Å². The average molecular weight is 257 g/mol. The molecule has 0 radical (unpaired) electrons. The van der Waals surface area contributed by atoms with Crippen LogP contribution in [0.2, 0.25) is 0 Å². The fourth-order valence-electron chi connectivity index (χ4n) is 1.79. The summed E-state index contributed by atoms with van der Waals surface area (Å²) in [4.78, 5) is 0. The van der Waals surface area contributed by atoms with E-state index in [0.717, 1.165) is 11.4 Å². The van der Waals surface area contributed by atoms with Crippen LogP contribution < -0.4 is 10.1 Å². The lowest BCUT2D eigenvalue weighted by molar-refractivity contribution is 0.563. The van der Waals surface area contributed by atoms with E-state index in [0.29, 0.717) is 5.17 Å². The summed E-state index contributed by atoms with van der Waals surface area (Å²) in [6.07, 6.45) is 0. The topological polar surface area (TPSA) is 21.3 Å². The molecule has 0 aliphatic rings. The molecule has 0 bridgehead atoms. The first-order valence-corrected chi connectivity index (χ1v) is 6.16. The molecule has 0 fully saturated rings. The van der Waals surface area contributed by atoms with Crippen molar-refractivity contribution in [2.75, 3.05) is 5.32 Å². The van der Waals surface area contributed by atoms with Crippen molar-refractivity contribution < 1.29 is 4.74 Å². The normalized spacial score (nSPS) is 9.89. The van der Waals surface area contributed by atoms with E-state index in [1.807, 2.05) is 42.5 Å². The van der Waals surface area contributed by atoms with Crippen molar-refractivity contribution in [1.29, 1.82) is 0 Å². The Hall–Kier alpha value is -1.87. The van der Waals surface area contributed by atoms with Crippen molar-refractivity contribution in [3.05, 3.63) is 59.7 Å². The largest absolute Gasteiger partial charge is 0.432 e. The van der Waals surface area contributed by atoms with Crippen molar-refractivity contribution in [2.24, 2.45) is 0 Å². The minimum Gasteiger partial charge on any atom is -0.432 e. The first-order chi connectivity index (χ1) is 8.63. The molecule has 0 heterocycles. The Morgan fingerprint density at radius 2 is 1.61 bits per heavy atom. The second-order valence-electron chi connectivity index (χ2n) is 4.20. The van der Waals surface area contributed by atoms with Crippen LogP contribution in [-0.2, 0) is 0 Å². The predicted octanol–water partition coefficient (Wildman–Crippen LogP) is 4.08. The standard InChI is InChI=1S/C15H15NOS/c1-11-8-12(2)10-13(9-11)16-15(18)17-14-6-4-3-5-7-14/h3-10H,1-2H3,(H,16,18). The zero-order valence-electron chi connectivity index (χ0n) is 10.4. The molecule has 2 nitrogen and oxygen atoms in total. The fraction of sp³-hybridized carbons (Fsp3) is 0.133. The lowest BCUT2D eigenvalue weighted by atomic mass is 10.1. The summed E-state index contributed by atoms with van der Waals surface area (Å²) in [5.41, 5.74) is 3.34. The summed E-state index contributed by atoms with van der Waals surface area (Å²) in [5, 5.41) is 3.43. The SMILES string of the molecule is Cc1cc(C)cc(NC(=S)Oc2ccccc2)c1. The molecule has 0 saturated carbocycles. The van der Waals surface area contributed by atoms with Crippen molar-refractivity contribution >= 4 is 23.1 Å². The number of rotatable bonds is 2. The molecule has 0 aliphatic carbocycles. The molecule has 0 spiro atoms. The number of nitrogens with one attached hydrogen (secondary N) is 1. The second-order valence-corrected chi connectivity index (χ2v) is 4.57. The van der Waals surface area contributed by atoms with Gasteiger partial charge in [-0.3, -0.25) is 0 Å². The molecule has 0 aromatic heterocycles. The van der Waals surface area contributed by atoms with Crippen LogP contribution >= 0.6 is 12.2 Å². The molecular formula is C15H15NOS. The average Bonchev–Trinajstić information content (AvgIpc) is 2.28. The van der Waals surface area contributed by atoms with Gasteiger partial charge in [0.25, 0.3) is 5.17 Å². The van der Waals surface area contributed by atoms with Crippen LogP contribution in [-0.4, -0.2) is 5.17 Å². The van der Waals surface area contributed by atoms with Crippen molar-refractivity contribution in [3.8, 4) is 5.75 Å². The highest BCUT2D eigenvalue weighted by molar-refractivity contribution is 7.80. The number of ether oxygens (including phenoxy) is 1. The summed E-state index contributed by atoms with van der Waals surface area (Å²) in [7, 11) is 0. The van der Waals surface area contributed by atoms with Gasteiger partial charge in [0, 0.05) is 5.69 Å². The number of para-hydroxylation sites is 1. The molecule has 18 heavy (non-hydrogen) atoms. The van der Waals surface area contributed by atoms with Gasteiger partial charge in [0.2, 0.25) is 0 Å². The third-order valence-corrected chi connectivity index (χ3v) is 2.61. The lowest BCUT2D eigenvalue weighted by Crippen LogP contribution is -2.16. The van der Waals surface area contributed by atoms with Crippen LogP contribution in [0.5, 0.6) is 5.75 Å². The molecule has 2 aromatic carbocycles.